The zero-order chi connectivity index (χ0) is 12.1. The normalized spacial score (nSPS) is 22.2. The highest BCUT2D eigenvalue weighted by atomic mass is 35.5. The van der Waals surface area contributed by atoms with Crippen LogP contribution in [0.1, 0.15) is 52.9 Å². The summed E-state index contributed by atoms with van der Waals surface area (Å²) in [5, 5.41) is 0. The predicted molar refractivity (Wildman–Crippen MR) is 74.3 cm³/mol. The Morgan fingerprint density at radius 3 is 2.53 bits per heavy atom. The Morgan fingerprint density at radius 1 is 1.35 bits per heavy atom. The third kappa shape index (κ3) is 5.26. The fourth-order valence-corrected chi connectivity index (χ4v) is 2.37. The Hall–Kier alpha value is -0.280. The quantitative estimate of drug-likeness (QED) is 0.847. The number of nitrogens with two attached hydrogens (primary N) is 1. The molecule has 1 fully saturated rings. The molecular formula is C13H27ClN2O. The maximum Gasteiger partial charge on any atom is 0.222 e. The summed E-state index contributed by atoms with van der Waals surface area (Å²) in [6.07, 6.45) is 5.09. The first-order valence-corrected chi connectivity index (χ1v) is 6.57. The number of nitrogens with zero attached hydrogens (tertiary/aromatic N) is 1. The van der Waals surface area contributed by atoms with E-state index in [2.05, 4.69) is 13.8 Å². The molecule has 0 saturated carbocycles. The van der Waals surface area contributed by atoms with E-state index in [1.54, 1.807) is 0 Å². The summed E-state index contributed by atoms with van der Waals surface area (Å²) in [6, 6.07) is 0.372. The molecule has 2 unspecified atom stereocenters. The van der Waals surface area contributed by atoms with Gasteiger partial charge in [0.1, 0.15) is 0 Å². The Morgan fingerprint density at radius 2 is 2.00 bits per heavy atom. The summed E-state index contributed by atoms with van der Waals surface area (Å²) < 4.78 is 0. The smallest absolute Gasteiger partial charge is 0.222 e. The molecule has 17 heavy (non-hydrogen) atoms. The van der Waals surface area contributed by atoms with Gasteiger partial charge < -0.3 is 10.6 Å². The number of rotatable bonds is 4. The van der Waals surface area contributed by atoms with Crippen LogP contribution in [0.25, 0.3) is 0 Å². The van der Waals surface area contributed by atoms with Gasteiger partial charge in [-0.15, -0.1) is 12.4 Å². The van der Waals surface area contributed by atoms with Crippen molar-refractivity contribution in [3.63, 3.8) is 0 Å². The molecule has 4 heteroatoms. The van der Waals surface area contributed by atoms with E-state index in [0.717, 1.165) is 25.8 Å². The van der Waals surface area contributed by atoms with E-state index in [-0.39, 0.29) is 24.5 Å². The molecule has 0 radical (unpaired) electrons. The highest BCUT2D eigenvalue weighted by Crippen LogP contribution is 2.20. The van der Waals surface area contributed by atoms with Crippen LogP contribution in [0.15, 0.2) is 0 Å². The lowest BCUT2D eigenvalue weighted by molar-refractivity contribution is -0.135. The van der Waals surface area contributed by atoms with Crippen LogP contribution in [0, 0.1) is 5.92 Å². The van der Waals surface area contributed by atoms with Crippen LogP contribution in [0.2, 0.25) is 0 Å². The average Bonchev–Trinajstić information content (AvgIpc) is 2.25. The molecule has 1 aliphatic heterocycles. The van der Waals surface area contributed by atoms with Crippen molar-refractivity contribution >= 4 is 18.3 Å². The van der Waals surface area contributed by atoms with Gasteiger partial charge in [-0.05, 0) is 38.5 Å². The fraction of sp³-hybridized carbons (Fsp3) is 0.923. The molecule has 0 aromatic heterocycles. The molecule has 2 N–H and O–H groups in total. The number of hydrogen-bond acceptors (Lipinski definition) is 2. The van der Waals surface area contributed by atoms with Crippen LogP contribution < -0.4 is 5.73 Å². The molecule has 1 aliphatic rings. The summed E-state index contributed by atoms with van der Waals surface area (Å²) in [5.74, 6) is 0.901. The van der Waals surface area contributed by atoms with Gasteiger partial charge in [-0.1, -0.05) is 13.8 Å². The van der Waals surface area contributed by atoms with Crippen molar-refractivity contribution in [3.05, 3.63) is 0 Å². The van der Waals surface area contributed by atoms with Gasteiger partial charge in [-0.3, -0.25) is 4.79 Å². The van der Waals surface area contributed by atoms with E-state index in [0.29, 0.717) is 18.2 Å². The molecule has 102 valence electrons. The first-order valence-electron chi connectivity index (χ1n) is 6.57. The van der Waals surface area contributed by atoms with Crippen LogP contribution in [0.5, 0.6) is 0 Å². The Labute approximate surface area is 112 Å². The molecule has 1 rings (SSSR count). The first kappa shape index (κ1) is 16.7. The second-order valence-electron chi connectivity index (χ2n) is 5.44. The second kappa shape index (κ2) is 7.93. The Balaban J connectivity index is 0.00000256. The van der Waals surface area contributed by atoms with Gasteiger partial charge in [-0.25, -0.2) is 0 Å². The topological polar surface area (TPSA) is 46.3 Å². The van der Waals surface area contributed by atoms with Gasteiger partial charge >= 0.3 is 0 Å². The maximum atomic E-state index is 12.1. The van der Waals surface area contributed by atoms with Crippen molar-refractivity contribution in [1.29, 1.82) is 0 Å². The van der Waals surface area contributed by atoms with E-state index in [1.165, 1.54) is 6.42 Å². The lowest BCUT2D eigenvalue weighted by Gasteiger charge is -2.38. The van der Waals surface area contributed by atoms with E-state index >= 15 is 0 Å². The van der Waals surface area contributed by atoms with Crippen molar-refractivity contribution in [3.8, 4) is 0 Å². The van der Waals surface area contributed by atoms with Gasteiger partial charge in [-0.2, -0.15) is 0 Å². The standard InChI is InChI=1S/C13H26N2O.ClH/c1-10(2)7-8-13(16)15-9-5-4-6-12(15)11(3)14;/h10-12H,4-9,14H2,1-3H3;1H. The SMILES string of the molecule is CC(C)CCC(=O)N1CCCCC1C(C)N.Cl. The molecule has 2 atom stereocenters. The molecule has 1 saturated heterocycles. The number of carbonyl (C=O) groups excluding carboxylic acids is 1. The van der Waals surface area contributed by atoms with Crippen molar-refractivity contribution in [2.75, 3.05) is 6.54 Å². The van der Waals surface area contributed by atoms with Crippen molar-refractivity contribution in [2.45, 2.75) is 65.0 Å². The maximum absolute atomic E-state index is 12.1. The molecule has 1 heterocycles. The summed E-state index contributed by atoms with van der Waals surface area (Å²) in [5.41, 5.74) is 5.96. The fourth-order valence-electron chi connectivity index (χ4n) is 2.37. The number of hydrogen-bond donors (Lipinski definition) is 1. The van der Waals surface area contributed by atoms with Crippen molar-refractivity contribution in [2.24, 2.45) is 11.7 Å². The zero-order valence-corrected chi connectivity index (χ0v) is 12.1. The van der Waals surface area contributed by atoms with Crippen LogP contribution in [0.3, 0.4) is 0 Å². The van der Waals surface area contributed by atoms with E-state index in [1.807, 2.05) is 11.8 Å². The monoisotopic (exact) mass is 262 g/mol. The van der Waals surface area contributed by atoms with Crippen LogP contribution in [-0.4, -0.2) is 29.4 Å². The average molecular weight is 263 g/mol. The number of amides is 1. The van der Waals surface area contributed by atoms with E-state index < -0.39 is 0 Å². The van der Waals surface area contributed by atoms with Crippen LogP contribution >= 0.6 is 12.4 Å². The third-order valence-corrected chi connectivity index (χ3v) is 3.41. The number of piperidine rings is 1. The van der Waals surface area contributed by atoms with E-state index in [9.17, 15) is 4.79 Å². The van der Waals surface area contributed by atoms with Gasteiger partial charge in [0.25, 0.3) is 0 Å². The lowest BCUT2D eigenvalue weighted by Crippen LogP contribution is -2.51. The summed E-state index contributed by atoms with van der Waals surface area (Å²) in [7, 11) is 0. The highest BCUT2D eigenvalue weighted by molar-refractivity contribution is 5.85. The first-order chi connectivity index (χ1) is 7.52. The molecule has 0 aliphatic carbocycles. The van der Waals surface area contributed by atoms with Crippen LogP contribution in [0.4, 0.5) is 0 Å². The van der Waals surface area contributed by atoms with Crippen LogP contribution in [-0.2, 0) is 4.79 Å². The summed E-state index contributed by atoms with van der Waals surface area (Å²) in [6.45, 7) is 7.24. The molecule has 3 nitrogen and oxygen atoms in total. The number of carbonyl (C=O) groups is 1. The second-order valence-corrected chi connectivity index (χ2v) is 5.44. The number of halogens is 1. The Kier molecular flexibility index (Phi) is 7.80. The van der Waals surface area contributed by atoms with Gasteiger partial charge in [0, 0.05) is 25.0 Å². The zero-order valence-electron chi connectivity index (χ0n) is 11.3. The largest absolute Gasteiger partial charge is 0.338 e. The molecular weight excluding hydrogens is 236 g/mol. The summed E-state index contributed by atoms with van der Waals surface area (Å²) in [4.78, 5) is 14.1. The third-order valence-electron chi connectivity index (χ3n) is 3.41. The lowest BCUT2D eigenvalue weighted by atomic mass is 9.96. The minimum Gasteiger partial charge on any atom is -0.338 e. The predicted octanol–water partition coefficient (Wildman–Crippen LogP) is 2.57. The molecule has 0 aromatic carbocycles. The highest BCUT2D eigenvalue weighted by Gasteiger charge is 2.28. The van der Waals surface area contributed by atoms with Crippen molar-refractivity contribution < 1.29 is 4.79 Å². The molecule has 0 aromatic rings. The van der Waals surface area contributed by atoms with Gasteiger partial charge in [0.2, 0.25) is 5.91 Å². The number of likely N-dealkylation sites (tertiary alicyclic amines) is 1. The van der Waals surface area contributed by atoms with Gasteiger partial charge in [0.05, 0.1) is 0 Å². The van der Waals surface area contributed by atoms with Gasteiger partial charge in [0.15, 0.2) is 0 Å². The molecule has 0 bridgehead atoms. The summed E-state index contributed by atoms with van der Waals surface area (Å²) >= 11 is 0. The Bertz CT molecular complexity index is 231. The van der Waals surface area contributed by atoms with E-state index in [4.69, 9.17) is 5.73 Å². The molecule has 1 amide bonds. The molecule has 0 spiro atoms. The minimum atomic E-state index is 0. The minimum absolute atomic E-state index is 0. The van der Waals surface area contributed by atoms with Crippen molar-refractivity contribution in [1.82, 2.24) is 4.90 Å².